The van der Waals surface area contributed by atoms with E-state index in [1.807, 2.05) is 36.4 Å². The third-order valence-electron chi connectivity index (χ3n) is 2.36. The number of pyridine rings is 2. The summed E-state index contributed by atoms with van der Waals surface area (Å²) in [6.07, 6.45) is 1.78. The molecule has 2 aromatic heterocycles. The first-order chi connectivity index (χ1) is 8.38. The molecule has 17 heavy (non-hydrogen) atoms. The van der Waals surface area contributed by atoms with Crippen molar-refractivity contribution in [2.45, 2.75) is 19.7 Å². The molecule has 0 fully saturated rings. The van der Waals surface area contributed by atoms with Crippen LogP contribution in [0.5, 0.6) is 0 Å². The Bertz CT molecular complexity index is 459. The van der Waals surface area contributed by atoms with Crippen molar-refractivity contribution in [2.24, 2.45) is 0 Å². The molecule has 0 saturated heterocycles. The summed E-state index contributed by atoms with van der Waals surface area (Å²) in [5.41, 5.74) is 2.63. The average Bonchev–Trinajstić information content (AvgIpc) is 2.40. The van der Waals surface area contributed by atoms with Gasteiger partial charge < -0.3 is 10.4 Å². The Labute approximate surface area is 100 Å². The van der Waals surface area contributed by atoms with Crippen LogP contribution in [0.1, 0.15) is 17.1 Å². The lowest BCUT2D eigenvalue weighted by Gasteiger charge is -2.05. The molecule has 0 amide bonds. The topological polar surface area (TPSA) is 58.0 Å². The summed E-state index contributed by atoms with van der Waals surface area (Å²) in [7, 11) is 0. The van der Waals surface area contributed by atoms with Crippen LogP contribution in [0.25, 0.3) is 0 Å². The lowest BCUT2D eigenvalue weighted by atomic mass is 10.3. The fourth-order valence-corrected chi connectivity index (χ4v) is 1.54. The van der Waals surface area contributed by atoms with Gasteiger partial charge in [-0.15, -0.1) is 0 Å². The lowest BCUT2D eigenvalue weighted by Crippen LogP contribution is -2.14. The molecule has 0 aromatic carbocycles. The van der Waals surface area contributed by atoms with Gasteiger partial charge in [0.15, 0.2) is 0 Å². The number of aliphatic hydroxyl groups excluding tert-OH is 1. The van der Waals surface area contributed by atoms with E-state index in [2.05, 4.69) is 15.3 Å². The molecule has 88 valence electrons. The standard InChI is InChI=1S/C13H15N3O/c17-10-13-6-3-5-12(16-13)9-14-8-11-4-1-2-7-15-11/h1-7,14,17H,8-10H2. The van der Waals surface area contributed by atoms with Crippen LogP contribution < -0.4 is 5.32 Å². The molecule has 2 heterocycles. The zero-order valence-electron chi connectivity index (χ0n) is 9.50. The maximum atomic E-state index is 8.97. The summed E-state index contributed by atoms with van der Waals surface area (Å²) in [6.45, 7) is 1.37. The van der Waals surface area contributed by atoms with Gasteiger partial charge in [-0.1, -0.05) is 12.1 Å². The summed E-state index contributed by atoms with van der Waals surface area (Å²) in [6, 6.07) is 11.5. The second-order valence-corrected chi connectivity index (χ2v) is 3.70. The lowest BCUT2D eigenvalue weighted by molar-refractivity contribution is 0.276. The summed E-state index contributed by atoms with van der Waals surface area (Å²) >= 11 is 0. The Balaban J connectivity index is 1.86. The van der Waals surface area contributed by atoms with E-state index in [-0.39, 0.29) is 6.61 Å². The Morgan fingerprint density at radius 1 is 0.941 bits per heavy atom. The minimum atomic E-state index is -0.0198. The van der Waals surface area contributed by atoms with Crippen molar-refractivity contribution in [3.8, 4) is 0 Å². The second kappa shape index (κ2) is 6.08. The van der Waals surface area contributed by atoms with Crippen LogP contribution in [-0.2, 0) is 19.7 Å². The zero-order valence-corrected chi connectivity index (χ0v) is 9.50. The van der Waals surface area contributed by atoms with Gasteiger partial charge in [0.25, 0.3) is 0 Å². The highest BCUT2D eigenvalue weighted by Gasteiger charge is 1.97. The number of aliphatic hydroxyl groups is 1. The Hall–Kier alpha value is -1.78. The monoisotopic (exact) mass is 229 g/mol. The predicted octanol–water partition coefficient (Wildman–Crippen LogP) is 1.26. The van der Waals surface area contributed by atoms with Gasteiger partial charge in [0.2, 0.25) is 0 Å². The van der Waals surface area contributed by atoms with Gasteiger partial charge in [0.1, 0.15) is 0 Å². The Kier molecular flexibility index (Phi) is 4.18. The highest BCUT2D eigenvalue weighted by molar-refractivity contribution is 5.10. The first-order valence-electron chi connectivity index (χ1n) is 5.55. The average molecular weight is 229 g/mol. The van der Waals surface area contributed by atoms with Crippen LogP contribution in [0.4, 0.5) is 0 Å². The normalized spacial score (nSPS) is 10.4. The minimum Gasteiger partial charge on any atom is -0.390 e. The van der Waals surface area contributed by atoms with E-state index < -0.39 is 0 Å². The molecular formula is C13H15N3O. The van der Waals surface area contributed by atoms with Gasteiger partial charge in [-0.05, 0) is 24.3 Å². The molecule has 2 rings (SSSR count). The Morgan fingerprint density at radius 3 is 2.47 bits per heavy atom. The molecular weight excluding hydrogens is 214 g/mol. The van der Waals surface area contributed by atoms with Crippen LogP contribution in [-0.4, -0.2) is 15.1 Å². The van der Waals surface area contributed by atoms with Crippen molar-refractivity contribution in [3.05, 3.63) is 59.7 Å². The number of hydrogen-bond acceptors (Lipinski definition) is 4. The summed E-state index contributed by atoms with van der Waals surface area (Å²) in [4.78, 5) is 8.51. The number of nitrogens with zero attached hydrogens (tertiary/aromatic N) is 2. The molecule has 0 spiro atoms. The van der Waals surface area contributed by atoms with E-state index in [0.717, 1.165) is 11.4 Å². The molecule has 0 unspecified atom stereocenters. The maximum Gasteiger partial charge on any atom is 0.0853 e. The molecule has 4 nitrogen and oxygen atoms in total. The second-order valence-electron chi connectivity index (χ2n) is 3.70. The van der Waals surface area contributed by atoms with E-state index in [0.29, 0.717) is 18.8 Å². The minimum absolute atomic E-state index is 0.0198. The van der Waals surface area contributed by atoms with Crippen LogP contribution in [0.2, 0.25) is 0 Å². The SMILES string of the molecule is OCc1cccc(CNCc2ccccn2)n1. The first-order valence-corrected chi connectivity index (χ1v) is 5.55. The van der Waals surface area contributed by atoms with Gasteiger partial charge >= 0.3 is 0 Å². The maximum absolute atomic E-state index is 8.97. The largest absolute Gasteiger partial charge is 0.390 e. The van der Waals surface area contributed by atoms with Crippen molar-refractivity contribution in [1.82, 2.24) is 15.3 Å². The third-order valence-corrected chi connectivity index (χ3v) is 2.36. The molecule has 0 bridgehead atoms. The molecule has 0 saturated carbocycles. The van der Waals surface area contributed by atoms with Gasteiger partial charge in [-0.25, -0.2) is 0 Å². The van der Waals surface area contributed by atoms with E-state index in [1.165, 1.54) is 0 Å². The Morgan fingerprint density at radius 2 is 1.71 bits per heavy atom. The smallest absolute Gasteiger partial charge is 0.0853 e. The molecule has 0 atom stereocenters. The quantitative estimate of drug-likeness (QED) is 0.810. The van der Waals surface area contributed by atoms with Crippen LogP contribution in [0, 0.1) is 0 Å². The van der Waals surface area contributed by atoms with Crippen LogP contribution in [0.3, 0.4) is 0 Å². The summed E-state index contributed by atoms with van der Waals surface area (Å²) in [5.74, 6) is 0. The van der Waals surface area contributed by atoms with Gasteiger partial charge in [-0.3, -0.25) is 9.97 Å². The third kappa shape index (κ3) is 3.62. The van der Waals surface area contributed by atoms with Gasteiger partial charge in [0.05, 0.1) is 23.7 Å². The van der Waals surface area contributed by atoms with E-state index in [1.54, 1.807) is 6.20 Å². The van der Waals surface area contributed by atoms with Crippen molar-refractivity contribution in [3.63, 3.8) is 0 Å². The van der Waals surface area contributed by atoms with Crippen LogP contribution in [0.15, 0.2) is 42.6 Å². The highest BCUT2D eigenvalue weighted by Crippen LogP contribution is 2.00. The van der Waals surface area contributed by atoms with Crippen molar-refractivity contribution in [1.29, 1.82) is 0 Å². The molecule has 0 radical (unpaired) electrons. The first kappa shape index (κ1) is 11.7. The molecule has 0 aliphatic carbocycles. The van der Waals surface area contributed by atoms with Crippen molar-refractivity contribution < 1.29 is 5.11 Å². The van der Waals surface area contributed by atoms with E-state index >= 15 is 0 Å². The summed E-state index contributed by atoms with van der Waals surface area (Å²) in [5, 5.41) is 12.2. The number of hydrogen-bond donors (Lipinski definition) is 2. The van der Waals surface area contributed by atoms with E-state index in [4.69, 9.17) is 5.11 Å². The molecule has 2 aromatic rings. The zero-order chi connectivity index (χ0) is 11.9. The highest BCUT2D eigenvalue weighted by atomic mass is 16.3. The van der Waals surface area contributed by atoms with Crippen molar-refractivity contribution >= 4 is 0 Å². The fourth-order valence-electron chi connectivity index (χ4n) is 1.54. The number of aromatic nitrogens is 2. The van der Waals surface area contributed by atoms with E-state index in [9.17, 15) is 0 Å². The van der Waals surface area contributed by atoms with Crippen LogP contribution >= 0.6 is 0 Å². The molecule has 2 N–H and O–H groups in total. The van der Waals surface area contributed by atoms with Gasteiger partial charge in [0, 0.05) is 19.3 Å². The molecule has 0 aliphatic heterocycles. The fraction of sp³-hybridized carbons (Fsp3) is 0.231. The predicted molar refractivity (Wildman–Crippen MR) is 64.9 cm³/mol. The molecule has 0 aliphatic rings. The number of nitrogens with one attached hydrogen (secondary N) is 1. The summed E-state index contributed by atoms with van der Waals surface area (Å²) < 4.78 is 0. The number of rotatable bonds is 5. The molecule has 4 heteroatoms. The van der Waals surface area contributed by atoms with Crippen molar-refractivity contribution in [2.75, 3.05) is 0 Å². The van der Waals surface area contributed by atoms with Gasteiger partial charge in [-0.2, -0.15) is 0 Å².